The number of anilines is 4. The number of carbonyl (C=O) groups is 3. The molecule has 0 spiro atoms. The molecule has 0 atom stereocenters. The molecular weight excluding hydrogens is 626 g/mol. The summed E-state index contributed by atoms with van der Waals surface area (Å²) in [6.07, 6.45) is 4.97. The molecule has 0 amide bonds. The number of carbonyl (C=O) groups excluding carboxylic acids is 3. The van der Waals surface area contributed by atoms with Gasteiger partial charge < -0.3 is 40.7 Å². The van der Waals surface area contributed by atoms with E-state index in [4.69, 9.17) is 9.98 Å². The summed E-state index contributed by atoms with van der Waals surface area (Å²) < 4.78 is 0. The fraction of sp³-hybridized carbons (Fsp3) is 0. The van der Waals surface area contributed by atoms with Gasteiger partial charge in [0.1, 0.15) is 0 Å². The Morgan fingerprint density at radius 1 is 0.622 bits per heavy atom. The number of benzene rings is 2. The van der Waals surface area contributed by atoms with Crippen molar-refractivity contribution in [3.05, 3.63) is 93.9 Å². The van der Waals surface area contributed by atoms with Gasteiger partial charge in [-0.15, -0.1) is 0 Å². The number of H-pyrrole nitrogens is 1. The normalized spacial score (nSPS) is 16.5. The zero-order valence-corrected chi connectivity index (χ0v) is 26.0. The van der Waals surface area contributed by atoms with Crippen LogP contribution in [-0.4, -0.2) is 39.1 Å². The molecule has 0 saturated carbocycles. The number of aromatic nitrogens is 3. The molecule has 13 heteroatoms. The van der Waals surface area contributed by atoms with Crippen molar-refractivity contribution in [2.75, 3.05) is 10.6 Å². The molecule has 210 valence electrons. The minimum absolute atomic E-state index is 0. The van der Waals surface area contributed by atoms with Gasteiger partial charge in [0.25, 0.3) is 0 Å². The number of fused-ring (bicyclic) bond motifs is 19. The Morgan fingerprint density at radius 3 is 1.91 bits per heavy atom. The second kappa shape index (κ2) is 9.53. The molecule has 2 aromatic carbocycles. The summed E-state index contributed by atoms with van der Waals surface area (Å²) in [5.41, 5.74) is 1.21. The van der Waals surface area contributed by atoms with Gasteiger partial charge in [0, 0.05) is 44.9 Å². The summed E-state index contributed by atoms with van der Waals surface area (Å²) in [7, 11) is 0. The zero-order chi connectivity index (χ0) is 29.7. The molecule has 0 radical (unpaired) electrons. The maximum absolute atomic E-state index is 12.5. The molecule has 0 saturated heterocycles. The van der Waals surface area contributed by atoms with Crippen LogP contribution >= 0.6 is 0 Å². The number of rotatable bonds is 0. The number of aliphatic hydroxyl groups is 1. The molecule has 3 aromatic heterocycles. The van der Waals surface area contributed by atoms with E-state index in [0.29, 0.717) is 51.0 Å². The van der Waals surface area contributed by atoms with E-state index < -0.39 is 23.1 Å². The molecule has 5 aromatic rings. The van der Waals surface area contributed by atoms with E-state index in [9.17, 15) is 19.5 Å². The molecular formula is C32H16N8O4Zn. The van der Waals surface area contributed by atoms with Crippen LogP contribution in [0.2, 0.25) is 0 Å². The summed E-state index contributed by atoms with van der Waals surface area (Å²) in [6.45, 7) is 0. The van der Waals surface area contributed by atoms with Crippen molar-refractivity contribution in [1.29, 1.82) is 0 Å². The minimum atomic E-state index is -0.717. The first kappa shape index (κ1) is 26.7. The van der Waals surface area contributed by atoms with Crippen LogP contribution in [0.3, 0.4) is 0 Å². The van der Waals surface area contributed by atoms with E-state index in [1.54, 1.807) is 0 Å². The van der Waals surface area contributed by atoms with E-state index in [0.717, 1.165) is 21.5 Å². The van der Waals surface area contributed by atoms with E-state index in [-0.39, 0.29) is 36.6 Å². The van der Waals surface area contributed by atoms with Crippen LogP contribution in [0.4, 0.5) is 29.1 Å². The Kier molecular flexibility index (Phi) is 5.65. The average molecular weight is 642 g/mol. The van der Waals surface area contributed by atoms with Crippen LogP contribution in [0.15, 0.2) is 92.6 Å². The maximum Gasteiger partial charge on any atom is 2.00 e. The van der Waals surface area contributed by atoms with Crippen molar-refractivity contribution in [1.82, 2.24) is 15.0 Å². The van der Waals surface area contributed by atoms with Crippen molar-refractivity contribution in [2.45, 2.75) is 0 Å². The summed E-state index contributed by atoms with van der Waals surface area (Å²) in [5.74, 6) is 0.281. The van der Waals surface area contributed by atoms with Crippen LogP contribution in [0, 0.1) is 0 Å². The van der Waals surface area contributed by atoms with E-state index >= 15 is 0 Å². The summed E-state index contributed by atoms with van der Waals surface area (Å²) in [4.78, 5) is 64.3. The fourth-order valence-electron chi connectivity index (χ4n) is 5.78. The van der Waals surface area contributed by atoms with Gasteiger partial charge in [0.05, 0.1) is 23.3 Å². The number of nitrogens with one attached hydrogen (secondary N) is 3. The van der Waals surface area contributed by atoms with Crippen LogP contribution in [0.25, 0.3) is 33.7 Å². The van der Waals surface area contributed by atoms with Gasteiger partial charge >= 0.3 is 19.5 Å². The molecule has 4 aliphatic rings. The number of ketones is 3. The Hall–Kier alpha value is -5.94. The van der Waals surface area contributed by atoms with E-state index in [1.165, 1.54) is 24.3 Å². The zero-order valence-electron chi connectivity index (χ0n) is 23.0. The van der Waals surface area contributed by atoms with Gasteiger partial charge in [-0.05, 0) is 45.9 Å². The van der Waals surface area contributed by atoms with Gasteiger partial charge in [-0.2, -0.15) is 0 Å². The summed E-state index contributed by atoms with van der Waals surface area (Å²) in [5, 5.41) is 20.7. The van der Waals surface area contributed by atoms with Crippen LogP contribution in [0.1, 0.15) is 5.56 Å². The predicted molar refractivity (Wildman–Crippen MR) is 163 cm³/mol. The SMILES string of the molecule is O=C1C=C2C(=CC1=O)C1=Nc3[n-]c(c4ccccc34)Nc3[nH]c(c4ccccc34)Nc3[n-]c(c4c3C=C(O)C(=O)C=4)=NC2=N1.[Zn+2]. The third kappa shape index (κ3) is 3.94. The monoisotopic (exact) mass is 640 g/mol. The van der Waals surface area contributed by atoms with Gasteiger partial charge in [0.2, 0.25) is 17.3 Å². The van der Waals surface area contributed by atoms with Crippen molar-refractivity contribution in [3.8, 4) is 0 Å². The number of aliphatic imine (C=N–C) groups is 2. The molecule has 5 heterocycles. The number of allylic oxidation sites excluding steroid dienone is 3. The molecule has 9 rings (SSSR count). The molecule has 45 heavy (non-hydrogen) atoms. The van der Waals surface area contributed by atoms with Crippen molar-refractivity contribution in [3.63, 3.8) is 0 Å². The van der Waals surface area contributed by atoms with Gasteiger partial charge in [0.15, 0.2) is 5.76 Å². The van der Waals surface area contributed by atoms with Crippen molar-refractivity contribution >= 4 is 91.8 Å². The molecule has 12 nitrogen and oxygen atoms in total. The first-order valence-electron chi connectivity index (χ1n) is 13.5. The van der Waals surface area contributed by atoms with Crippen LogP contribution < -0.4 is 31.3 Å². The predicted octanol–water partition coefficient (Wildman–Crippen LogP) is 3.06. The quantitative estimate of drug-likeness (QED) is 0.113. The largest absolute Gasteiger partial charge is 2.00 e. The van der Waals surface area contributed by atoms with Crippen LogP contribution in [0.5, 0.6) is 0 Å². The second-order valence-electron chi connectivity index (χ2n) is 10.5. The van der Waals surface area contributed by atoms with Crippen molar-refractivity contribution < 1.29 is 39.0 Å². The van der Waals surface area contributed by atoms with Gasteiger partial charge in [-0.25, -0.2) is 4.99 Å². The number of hydrogen-bond donors (Lipinski definition) is 4. The van der Waals surface area contributed by atoms with Crippen molar-refractivity contribution in [2.24, 2.45) is 15.0 Å². The molecule has 2 aliphatic heterocycles. The number of hydrogen-bond acceptors (Lipinski definition) is 9. The Labute approximate surface area is 264 Å². The summed E-state index contributed by atoms with van der Waals surface area (Å²) in [6, 6.07) is 15.3. The van der Waals surface area contributed by atoms with Crippen LogP contribution in [-0.2, 0) is 33.9 Å². The second-order valence-corrected chi connectivity index (χ2v) is 10.5. The Morgan fingerprint density at radius 2 is 1.22 bits per heavy atom. The summed E-state index contributed by atoms with van der Waals surface area (Å²) >= 11 is 0. The smallest absolute Gasteiger partial charge is 0.504 e. The minimum Gasteiger partial charge on any atom is -0.504 e. The van der Waals surface area contributed by atoms with Gasteiger partial charge in [-0.1, -0.05) is 48.5 Å². The maximum atomic E-state index is 12.5. The number of aromatic amines is 1. The molecule has 0 unspecified atom stereocenters. The molecule has 0 fully saturated rings. The van der Waals surface area contributed by atoms with E-state index in [1.807, 2.05) is 48.5 Å². The first-order valence-corrected chi connectivity index (χ1v) is 13.5. The Balaban J connectivity index is 0.00000300. The number of aliphatic hydroxyl groups excluding tert-OH is 1. The van der Waals surface area contributed by atoms with E-state index in [2.05, 4.69) is 30.6 Å². The third-order valence-corrected chi connectivity index (χ3v) is 7.86. The standard InChI is InChI=1S/C32H18N8O4.Zn/c41-21-9-17-19(11-23(21)43)31-38-29(17)36-27-15-7-3-1-5-13(15)25(34-27)33-26-14-6-2-4-8-16(14)28(35-26)37-30-18-10-22(42)24(44)12-20(18)32(39-30)40-31;/h1-12H,(H6,33,34,35,36,37,38,39,40,41,42,43,44);/q;+2/p-2. The fourth-order valence-corrected chi connectivity index (χ4v) is 5.78. The molecule has 8 bridgehead atoms. The number of amidine groups is 2. The third-order valence-electron chi connectivity index (χ3n) is 7.86. The Bertz CT molecular complexity index is 2520. The first-order chi connectivity index (χ1) is 21.4. The topological polar surface area (TPSA) is 177 Å². The number of nitrogens with zero attached hydrogens (tertiary/aromatic N) is 5. The van der Waals surface area contributed by atoms with Gasteiger partial charge in [-0.3, -0.25) is 14.4 Å². The molecule has 2 aliphatic carbocycles. The average Bonchev–Trinajstić information content (AvgIpc) is 3.73. The number of Topliss-reactive ketones (excluding diaryl/α,β-unsaturated/α-hetero) is 1. The molecule has 4 N–H and O–H groups in total.